The van der Waals surface area contributed by atoms with E-state index in [0.29, 0.717) is 17.7 Å². The Morgan fingerprint density at radius 1 is 1.53 bits per heavy atom. The average Bonchev–Trinajstić information content (AvgIpc) is 2.80. The lowest BCUT2D eigenvalue weighted by atomic mass is 10.1. The highest BCUT2D eigenvalue weighted by Gasteiger charge is 2.25. The van der Waals surface area contributed by atoms with Crippen molar-refractivity contribution < 1.29 is 0 Å². The third kappa shape index (κ3) is 3.59. The van der Waals surface area contributed by atoms with E-state index in [4.69, 9.17) is 0 Å². The Kier molecular flexibility index (Phi) is 5.02. The molecule has 1 unspecified atom stereocenters. The number of hydrogen-bond acceptors (Lipinski definition) is 3. The zero-order valence-electron chi connectivity index (χ0n) is 11.7. The summed E-state index contributed by atoms with van der Waals surface area (Å²) in [4.78, 5) is 18.9. The molecule has 1 fully saturated rings. The molecule has 0 aliphatic carbocycles. The van der Waals surface area contributed by atoms with Gasteiger partial charge in [0, 0.05) is 37.4 Å². The zero-order chi connectivity index (χ0) is 13.8. The van der Waals surface area contributed by atoms with Crippen LogP contribution in [-0.2, 0) is 6.54 Å². The Labute approximate surface area is 123 Å². The van der Waals surface area contributed by atoms with Crippen molar-refractivity contribution in [1.82, 2.24) is 9.55 Å². The maximum absolute atomic E-state index is 12.4. The van der Waals surface area contributed by atoms with Gasteiger partial charge in [-0.1, -0.05) is 29.8 Å². The van der Waals surface area contributed by atoms with Gasteiger partial charge in [-0.3, -0.25) is 4.79 Å². The maximum Gasteiger partial charge on any atom is 0.293 e. The second-order valence-corrected chi connectivity index (χ2v) is 6.47. The average molecular weight is 328 g/mol. The first kappa shape index (κ1) is 14.6. The molecule has 19 heavy (non-hydrogen) atoms. The molecule has 4 nitrogen and oxygen atoms in total. The summed E-state index contributed by atoms with van der Waals surface area (Å²) >= 11 is 3.49. The third-order valence-electron chi connectivity index (χ3n) is 3.56. The zero-order valence-corrected chi connectivity index (χ0v) is 13.3. The molecule has 0 spiro atoms. The highest BCUT2D eigenvalue weighted by molar-refractivity contribution is 9.09. The van der Waals surface area contributed by atoms with Gasteiger partial charge in [-0.2, -0.15) is 0 Å². The van der Waals surface area contributed by atoms with E-state index in [1.165, 1.54) is 6.42 Å². The number of nitrogens with zero attached hydrogens (tertiary/aromatic N) is 3. The van der Waals surface area contributed by atoms with E-state index in [-0.39, 0.29) is 5.56 Å². The summed E-state index contributed by atoms with van der Waals surface area (Å²) in [7, 11) is 0. The lowest BCUT2D eigenvalue weighted by molar-refractivity contribution is 0.508. The van der Waals surface area contributed by atoms with Gasteiger partial charge < -0.3 is 9.47 Å². The third-order valence-corrected chi connectivity index (χ3v) is 4.02. The summed E-state index contributed by atoms with van der Waals surface area (Å²) < 4.78 is 1.78. The minimum absolute atomic E-state index is 0.0516. The standard InChI is InChI=1S/C14H22BrN3O/c1-11(2)9-18-8-6-16-13(14(18)19)17-7-4-12(10-17)3-5-15/h6,8,11-12H,3-5,7,9-10H2,1-2H3. The fourth-order valence-electron chi connectivity index (χ4n) is 2.60. The molecule has 1 aliphatic rings. The lowest BCUT2D eigenvalue weighted by Crippen LogP contribution is -2.32. The van der Waals surface area contributed by atoms with Crippen molar-refractivity contribution in [3.8, 4) is 0 Å². The first-order valence-corrected chi connectivity index (χ1v) is 8.10. The molecule has 2 heterocycles. The Balaban J connectivity index is 2.15. The second kappa shape index (κ2) is 6.55. The Bertz CT molecular complexity index is 472. The largest absolute Gasteiger partial charge is 0.352 e. The van der Waals surface area contributed by atoms with Crippen molar-refractivity contribution in [2.75, 3.05) is 23.3 Å². The van der Waals surface area contributed by atoms with Gasteiger partial charge >= 0.3 is 0 Å². The van der Waals surface area contributed by atoms with Crippen molar-refractivity contribution in [2.24, 2.45) is 11.8 Å². The van der Waals surface area contributed by atoms with Crippen LogP contribution in [0.2, 0.25) is 0 Å². The number of anilines is 1. The highest BCUT2D eigenvalue weighted by Crippen LogP contribution is 2.22. The van der Waals surface area contributed by atoms with Gasteiger partial charge in [-0.15, -0.1) is 0 Å². The van der Waals surface area contributed by atoms with Gasteiger partial charge in [-0.05, 0) is 24.7 Å². The summed E-state index contributed by atoms with van der Waals surface area (Å²) in [5.74, 6) is 1.77. The normalized spacial score (nSPS) is 19.4. The molecule has 1 aliphatic heterocycles. The van der Waals surface area contributed by atoms with E-state index < -0.39 is 0 Å². The summed E-state index contributed by atoms with van der Waals surface area (Å²) in [5, 5.41) is 1.03. The molecule has 1 atom stereocenters. The molecule has 0 amide bonds. The summed E-state index contributed by atoms with van der Waals surface area (Å²) in [6.07, 6.45) is 5.87. The van der Waals surface area contributed by atoms with Crippen LogP contribution in [0.5, 0.6) is 0 Å². The van der Waals surface area contributed by atoms with Crippen LogP contribution in [0.15, 0.2) is 17.2 Å². The molecule has 0 N–H and O–H groups in total. The van der Waals surface area contributed by atoms with Crippen molar-refractivity contribution in [3.63, 3.8) is 0 Å². The Morgan fingerprint density at radius 2 is 2.32 bits per heavy atom. The topological polar surface area (TPSA) is 38.1 Å². The number of aromatic nitrogens is 2. The first-order valence-electron chi connectivity index (χ1n) is 6.98. The van der Waals surface area contributed by atoms with E-state index >= 15 is 0 Å². The predicted molar refractivity (Wildman–Crippen MR) is 82.1 cm³/mol. The minimum atomic E-state index is 0.0516. The number of halogens is 1. The molecule has 2 rings (SSSR count). The SMILES string of the molecule is CC(C)Cn1ccnc(N2CCC(CCBr)C2)c1=O. The maximum atomic E-state index is 12.4. The quantitative estimate of drug-likeness (QED) is 0.780. The van der Waals surface area contributed by atoms with Crippen LogP contribution >= 0.6 is 15.9 Å². The molecule has 0 saturated carbocycles. The molecular formula is C14H22BrN3O. The molecule has 0 radical (unpaired) electrons. The van der Waals surface area contributed by atoms with Crippen molar-refractivity contribution in [2.45, 2.75) is 33.2 Å². The van der Waals surface area contributed by atoms with E-state index in [2.05, 4.69) is 39.7 Å². The summed E-state index contributed by atoms with van der Waals surface area (Å²) in [6, 6.07) is 0. The molecule has 0 aromatic carbocycles. The lowest BCUT2D eigenvalue weighted by Gasteiger charge is -2.18. The number of hydrogen-bond donors (Lipinski definition) is 0. The smallest absolute Gasteiger partial charge is 0.293 e. The van der Waals surface area contributed by atoms with Crippen LogP contribution in [0.4, 0.5) is 5.82 Å². The fourth-order valence-corrected chi connectivity index (χ4v) is 3.25. The Morgan fingerprint density at radius 3 is 3.00 bits per heavy atom. The van der Waals surface area contributed by atoms with Gasteiger partial charge in [0.2, 0.25) is 0 Å². The van der Waals surface area contributed by atoms with Crippen LogP contribution < -0.4 is 10.5 Å². The minimum Gasteiger partial charge on any atom is -0.352 e. The molecule has 1 aromatic rings. The van der Waals surface area contributed by atoms with Gasteiger partial charge in [0.05, 0.1) is 0 Å². The molecule has 1 aromatic heterocycles. The van der Waals surface area contributed by atoms with Crippen LogP contribution in [0.3, 0.4) is 0 Å². The van der Waals surface area contributed by atoms with E-state index in [1.807, 2.05) is 0 Å². The Hall–Kier alpha value is -0.840. The number of alkyl halides is 1. The highest BCUT2D eigenvalue weighted by atomic mass is 79.9. The summed E-state index contributed by atoms with van der Waals surface area (Å²) in [6.45, 7) is 6.90. The van der Waals surface area contributed by atoms with E-state index in [1.54, 1.807) is 17.0 Å². The summed E-state index contributed by atoms with van der Waals surface area (Å²) in [5.41, 5.74) is 0.0516. The van der Waals surface area contributed by atoms with E-state index in [9.17, 15) is 4.79 Å². The fraction of sp³-hybridized carbons (Fsp3) is 0.714. The van der Waals surface area contributed by atoms with Crippen LogP contribution in [-0.4, -0.2) is 28.0 Å². The molecule has 5 heteroatoms. The monoisotopic (exact) mass is 327 g/mol. The van der Waals surface area contributed by atoms with Crippen molar-refractivity contribution in [1.29, 1.82) is 0 Å². The molecular weight excluding hydrogens is 306 g/mol. The second-order valence-electron chi connectivity index (χ2n) is 5.68. The molecule has 106 valence electrons. The van der Waals surface area contributed by atoms with Crippen molar-refractivity contribution >= 4 is 21.7 Å². The van der Waals surface area contributed by atoms with Gasteiger partial charge in [-0.25, -0.2) is 4.98 Å². The van der Waals surface area contributed by atoms with Gasteiger partial charge in [0.25, 0.3) is 5.56 Å². The molecule has 0 bridgehead atoms. The predicted octanol–water partition coefficient (Wildman–Crippen LogP) is 2.51. The van der Waals surface area contributed by atoms with Crippen LogP contribution in [0, 0.1) is 11.8 Å². The van der Waals surface area contributed by atoms with E-state index in [0.717, 1.165) is 31.4 Å². The van der Waals surface area contributed by atoms with Crippen molar-refractivity contribution in [3.05, 3.63) is 22.7 Å². The first-order chi connectivity index (χ1) is 9.11. The molecule has 1 saturated heterocycles. The van der Waals surface area contributed by atoms with Crippen LogP contribution in [0.25, 0.3) is 0 Å². The number of rotatable bonds is 5. The van der Waals surface area contributed by atoms with Gasteiger partial charge in [0.1, 0.15) is 0 Å². The van der Waals surface area contributed by atoms with Gasteiger partial charge in [0.15, 0.2) is 5.82 Å². The van der Waals surface area contributed by atoms with Crippen LogP contribution in [0.1, 0.15) is 26.7 Å².